The Morgan fingerprint density at radius 2 is 2.00 bits per heavy atom. The Kier molecular flexibility index (Phi) is 5.17. The second kappa shape index (κ2) is 6.64. The van der Waals surface area contributed by atoms with Gasteiger partial charge in [0.2, 0.25) is 5.91 Å². The van der Waals surface area contributed by atoms with Crippen molar-refractivity contribution in [3.05, 3.63) is 29.8 Å². The molecular weight excluding hydrogens is 232 g/mol. The van der Waals surface area contributed by atoms with Crippen molar-refractivity contribution in [1.82, 2.24) is 5.32 Å². The summed E-state index contributed by atoms with van der Waals surface area (Å²) in [5.74, 6) is -1.67. The first-order valence-electron chi connectivity index (χ1n) is 5.84. The van der Waals surface area contributed by atoms with E-state index in [1.165, 1.54) is 6.92 Å². The maximum atomic E-state index is 11.0. The largest absolute Gasteiger partial charge is 0.548 e. The number of para-hydroxylation sites is 1. The van der Waals surface area contributed by atoms with Gasteiger partial charge in [-0.15, -0.1) is 0 Å². The second-order valence-electron chi connectivity index (χ2n) is 3.96. The van der Waals surface area contributed by atoms with Gasteiger partial charge in [0.05, 0.1) is 12.0 Å². The number of carbonyl (C=O) groups excluding carboxylic acids is 2. The fourth-order valence-electron chi connectivity index (χ4n) is 1.72. The molecule has 5 nitrogen and oxygen atoms in total. The lowest BCUT2D eigenvalue weighted by Crippen LogP contribution is -2.48. The molecule has 5 heteroatoms. The monoisotopic (exact) mass is 249 g/mol. The number of hydrogen-bond acceptors (Lipinski definition) is 4. The number of hydrogen-bond donors (Lipinski definition) is 2. The van der Waals surface area contributed by atoms with Crippen LogP contribution in [0.25, 0.3) is 0 Å². The van der Waals surface area contributed by atoms with Gasteiger partial charge in [-0.1, -0.05) is 18.2 Å². The number of anilines is 1. The van der Waals surface area contributed by atoms with Gasteiger partial charge in [0.15, 0.2) is 0 Å². The van der Waals surface area contributed by atoms with Crippen LogP contribution in [0.1, 0.15) is 19.4 Å². The topological polar surface area (TPSA) is 81.3 Å². The van der Waals surface area contributed by atoms with Crippen LogP contribution in [0.15, 0.2) is 24.3 Å². The van der Waals surface area contributed by atoms with Crippen LogP contribution < -0.4 is 15.7 Å². The Bertz CT molecular complexity index is 432. The van der Waals surface area contributed by atoms with Crippen LogP contribution in [0.5, 0.6) is 0 Å². The van der Waals surface area contributed by atoms with Crippen LogP contribution in [0.4, 0.5) is 5.69 Å². The number of carboxylic acid groups (broad SMARTS) is 1. The van der Waals surface area contributed by atoms with E-state index in [1.807, 2.05) is 31.2 Å². The van der Waals surface area contributed by atoms with Crippen molar-refractivity contribution < 1.29 is 14.7 Å². The van der Waals surface area contributed by atoms with Crippen molar-refractivity contribution in [2.45, 2.75) is 26.3 Å². The third-order valence-electron chi connectivity index (χ3n) is 2.47. The molecule has 1 rings (SSSR count). The molecule has 0 radical (unpaired) electrons. The third kappa shape index (κ3) is 4.08. The lowest BCUT2D eigenvalue weighted by atomic mass is 10.0. The maximum Gasteiger partial charge on any atom is 0.217 e. The SMILES string of the molecule is CCNc1ccccc1CC(NC(C)=O)C(=O)[O-]. The summed E-state index contributed by atoms with van der Waals surface area (Å²) in [6, 6.07) is 6.39. The molecule has 0 aliphatic carbocycles. The van der Waals surface area contributed by atoms with Crippen molar-refractivity contribution >= 4 is 17.6 Å². The molecule has 1 aromatic rings. The minimum absolute atomic E-state index is 0.199. The highest BCUT2D eigenvalue weighted by Gasteiger charge is 2.13. The minimum Gasteiger partial charge on any atom is -0.548 e. The standard InChI is InChI=1S/C13H18N2O3/c1-3-14-11-7-5-4-6-10(11)8-12(13(17)18)15-9(2)16/h4-7,12,14H,3,8H2,1-2H3,(H,15,16)(H,17,18)/p-1. The number of carbonyl (C=O) groups is 2. The molecule has 0 fully saturated rings. The van der Waals surface area contributed by atoms with Gasteiger partial charge in [0.25, 0.3) is 0 Å². The van der Waals surface area contributed by atoms with Crippen molar-refractivity contribution in [3.8, 4) is 0 Å². The maximum absolute atomic E-state index is 11.0. The van der Waals surface area contributed by atoms with E-state index in [0.29, 0.717) is 0 Å². The summed E-state index contributed by atoms with van der Waals surface area (Å²) in [7, 11) is 0. The first kappa shape index (κ1) is 14.0. The quantitative estimate of drug-likeness (QED) is 0.738. The number of amides is 1. The fraction of sp³-hybridized carbons (Fsp3) is 0.385. The van der Waals surface area contributed by atoms with Crippen LogP contribution in [0, 0.1) is 0 Å². The molecular formula is C13H17N2O3-. The summed E-state index contributed by atoms with van der Waals surface area (Å²) in [5.41, 5.74) is 1.71. The molecule has 1 amide bonds. The van der Waals surface area contributed by atoms with E-state index in [1.54, 1.807) is 0 Å². The van der Waals surface area contributed by atoms with Crippen LogP contribution in [-0.4, -0.2) is 24.5 Å². The van der Waals surface area contributed by atoms with E-state index in [2.05, 4.69) is 10.6 Å². The molecule has 1 atom stereocenters. The van der Waals surface area contributed by atoms with Gasteiger partial charge in [-0.25, -0.2) is 0 Å². The van der Waals surface area contributed by atoms with E-state index < -0.39 is 12.0 Å². The van der Waals surface area contributed by atoms with Crippen molar-refractivity contribution in [2.75, 3.05) is 11.9 Å². The molecule has 0 aliphatic heterocycles. The second-order valence-corrected chi connectivity index (χ2v) is 3.96. The average molecular weight is 249 g/mol. The molecule has 0 heterocycles. The summed E-state index contributed by atoms with van der Waals surface area (Å²) in [6.07, 6.45) is 0.199. The van der Waals surface area contributed by atoms with Gasteiger partial charge in [-0.2, -0.15) is 0 Å². The lowest BCUT2D eigenvalue weighted by molar-refractivity contribution is -0.308. The summed E-state index contributed by atoms with van der Waals surface area (Å²) in [4.78, 5) is 21.9. The molecule has 2 N–H and O–H groups in total. The molecule has 1 aromatic carbocycles. The van der Waals surface area contributed by atoms with Gasteiger partial charge in [0.1, 0.15) is 0 Å². The lowest BCUT2D eigenvalue weighted by Gasteiger charge is -2.20. The predicted octanol–water partition coefficient (Wildman–Crippen LogP) is -0.0845. The first-order valence-corrected chi connectivity index (χ1v) is 5.84. The average Bonchev–Trinajstić information content (AvgIpc) is 2.30. The highest BCUT2D eigenvalue weighted by Crippen LogP contribution is 2.16. The zero-order chi connectivity index (χ0) is 13.5. The van der Waals surface area contributed by atoms with E-state index in [9.17, 15) is 14.7 Å². The molecule has 0 bridgehead atoms. The molecule has 18 heavy (non-hydrogen) atoms. The Hall–Kier alpha value is -2.04. The molecule has 98 valence electrons. The zero-order valence-electron chi connectivity index (χ0n) is 10.5. The van der Waals surface area contributed by atoms with Crippen molar-refractivity contribution in [2.24, 2.45) is 0 Å². The fourth-order valence-corrected chi connectivity index (χ4v) is 1.72. The van der Waals surface area contributed by atoms with Gasteiger partial charge >= 0.3 is 0 Å². The molecule has 0 spiro atoms. The normalized spacial score (nSPS) is 11.7. The Balaban J connectivity index is 2.86. The van der Waals surface area contributed by atoms with E-state index in [-0.39, 0.29) is 12.3 Å². The molecule has 1 unspecified atom stereocenters. The number of nitrogens with one attached hydrogen (secondary N) is 2. The van der Waals surface area contributed by atoms with Crippen LogP contribution in [0.3, 0.4) is 0 Å². The number of benzene rings is 1. The van der Waals surface area contributed by atoms with Crippen LogP contribution >= 0.6 is 0 Å². The minimum atomic E-state index is -1.28. The summed E-state index contributed by atoms with van der Waals surface area (Å²) in [5, 5.41) is 16.5. The van der Waals surface area contributed by atoms with Crippen molar-refractivity contribution in [1.29, 1.82) is 0 Å². The van der Waals surface area contributed by atoms with E-state index in [0.717, 1.165) is 17.8 Å². The van der Waals surface area contributed by atoms with Gasteiger partial charge in [0, 0.05) is 25.6 Å². The van der Waals surface area contributed by atoms with E-state index in [4.69, 9.17) is 0 Å². The van der Waals surface area contributed by atoms with E-state index >= 15 is 0 Å². The number of rotatable bonds is 6. The summed E-state index contributed by atoms with van der Waals surface area (Å²) in [6.45, 7) is 3.99. The van der Waals surface area contributed by atoms with Gasteiger partial charge < -0.3 is 20.5 Å². The Morgan fingerprint density at radius 3 is 2.56 bits per heavy atom. The van der Waals surface area contributed by atoms with Crippen molar-refractivity contribution in [3.63, 3.8) is 0 Å². The van der Waals surface area contributed by atoms with Gasteiger partial charge in [-0.05, 0) is 18.6 Å². The van der Waals surface area contributed by atoms with Gasteiger partial charge in [-0.3, -0.25) is 4.79 Å². The smallest absolute Gasteiger partial charge is 0.217 e. The zero-order valence-corrected chi connectivity index (χ0v) is 10.5. The molecule has 0 saturated heterocycles. The first-order chi connectivity index (χ1) is 8.54. The number of carboxylic acids is 1. The van der Waals surface area contributed by atoms with Crippen LogP contribution in [-0.2, 0) is 16.0 Å². The summed E-state index contributed by atoms with van der Waals surface area (Å²) < 4.78 is 0. The number of aliphatic carboxylic acids is 1. The van der Waals surface area contributed by atoms with Crippen LogP contribution in [0.2, 0.25) is 0 Å². The highest BCUT2D eigenvalue weighted by molar-refractivity contribution is 5.81. The Morgan fingerprint density at radius 1 is 1.33 bits per heavy atom. The Labute approximate surface area is 106 Å². The summed E-state index contributed by atoms with van der Waals surface area (Å²) >= 11 is 0. The predicted molar refractivity (Wildman–Crippen MR) is 66.9 cm³/mol. The molecule has 0 saturated carbocycles. The third-order valence-corrected chi connectivity index (χ3v) is 2.47. The highest BCUT2D eigenvalue weighted by atomic mass is 16.4. The molecule has 0 aromatic heterocycles. The molecule has 0 aliphatic rings.